The van der Waals surface area contributed by atoms with E-state index < -0.39 is 0 Å². The van der Waals surface area contributed by atoms with Crippen molar-refractivity contribution in [1.29, 1.82) is 0 Å². The van der Waals surface area contributed by atoms with E-state index in [9.17, 15) is 4.79 Å². The molecule has 0 fully saturated rings. The van der Waals surface area contributed by atoms with Crippen LogP contribution in [0.4, 0.5) is 0 Å². The molecule has 1 aliphatic heterocycles. The Morgan fingerprint density at radius 2 is 2.20 bits per heavy atom. The van der Waals surface area contributed by atoms with Crippen LogP contribution in [0, 0.1) is 0 Å². The monoisotopic (exact) mass is 201 g/mol. The van der Waals surface area contributed by atoms with E-state index in [-0.39, 0.29) is 11.9 Å². The topological polar surface area (TPSA) is 20.3 Å². The number of benzene rings is 1. The van der Waals surface area contributed by atoms with Crippen molar-refractivity contribution >= 4 is 12.0 Å². The molecule has 0 spiro atoms. The molecule has 1 heterocycles. The fourth-order valence-corrected chi connectivity index (χ4v) is 1.91. The minimum atomic E-state index is 0.149. The van der Waals surface area contributed by atoms with Crippen LogP contribution < -0.4 is 0 Å². The van der Waals surface area contributed by atoms with Crippen LogP contribution in [-0.4, -0.2) is 16.8 Å². The van der Waals surface area contributed by atoms with Crippen molar-refractivity contribution in [3.8, 4) is 0 Å². The quantitative estimate of drug-likeness (QED) is 0.720. The molecule has 0 unspecified atom stereocenters. The van der Waals surface area contributed by atoms with Gasteiger partial charge in [0.25, 0.3) is 5.91 Å². The number of carbonyl (C=O) groups excluding carboxylic acids is 1. The van der Waals surface area contributed by atoms with E-state index >= 15 is 0 Å². The number of hydrogen-bond acceptors (Lipinski definition) is 1. The molecule has 1 aliphatic rings. The number of fused-ring (bicyclic) bond motifs is 1. The molecule has 0 N–H and O–H groups in total. The fraction of sp³-hybridized carbons (Fsp3) is 0.308. The van der Waals surface area contributed by atoms with Crippen LogP contribution in [0.25, 0.3) is 6.08 Å². The molecule has 15 heavy (non-hydrogen) atoms. The van der Waals surface area contributed by atoms with Crippen molar-refractivity contribution in [1.82, 2.24) is 4.90 Å². The Balaban J connectivity index is 2.40. The van der Waals surface area contributed by atoms with Gasteiger partial charge < -0.3 is 4.90 Å². The minimum absolute atomic E-state index is 0.149. The first-order chi connectivity index (χ1) is 7.13. The lowest BCUT2D eigenvalue weighted by Gasteiger charge is -2.19. The van der Waals surface area contributed by atoms with Gasteiger partial charge in [-0.1, -0.05) is 18.7 Å². The Labute approximate surface area is 90.2 Å². The van der Waals surface area contributed by atoms with E-state index in [1.165, 1.54) is 0 Å². The van der Waals surface area contributed by atoms with Crippen LogP contribution in [-0.2, 0) is 6.54 Å². The SMILES string of the molecule is C=Cc1ccc2c(c1)CN(C(C)C)C2=O. The van der Waals surface area contributed by atoms with E-state index in [0.29, 0.717) is 0 Å². The van der Waals surface area contributed by atoms with Gasteiger partial charge in [-0.15, -0.1) is 0 Å². The smallest absolute Gasteiger partial charge is 0.254 e. The van der Waals surface area contributed by atoms with Crippen LogP contribution >= 0.6 is 0 Å². The van der Waals surface area contributed by atoms with Gasteiger partial charge in [-0.25, -0.2) is 0 Å². The first-order valence-corrected chi connectivity index (χ1v) is 5.20. The van der Waals surface area contributed by atoms with Crippen LogP contribution in [0.3, 0.4) is 0 Å². The van der Waals surface area contributed by atoms with Crippen LogP contribution in [0.1, 0.15) is 35.3 Å². The molecule has 0 atom stereocenters. The average molecular weight is 201 g/mol. The first-order valence-electron chi connectivity index (χ1n) is 5.20. The van der Waals surface area contributed by atoms with E-state index in [2.05, 4.69) is 6.58 Å². The van der Waals surface area contributed by atoms with Crippen LogP contribution in [0.15, 0.2) is 24.8 Å². The van der Waals surface area contributed by atoms with Crippen molar-refractivity contribution in [3.05, 3.63) is 41.5 Å². The molecule has 0 radical (unpaired) electrons. The summed E-state index contributed by atoms with van der Waals surface area (Å²) in [5.74, 6) is 0.149. The van der Waals surface area contributed by atoms with Gasteiger partial charge in [0.05, 0.1) is 0 Å². The lowest BCUT2D eigenvalue weighted by molar-refractivity contribution is 0.0730. The second-order valence-corrected chi connectivity index (χ2v) is 4.15. The van der Waals surface area contributed by atoms with Gasteiger partial charge in [0.15, 0.2) is 0 Å². The maximum atomic E-state index is 11.9. The van der Waals surface area contributed by atoms with Gasteiger partial charge >= 0.3 is 0 Å². The van der Waals surface area contributed by atoms with Crippen molar-refractivity contribution in [3.63, 3.8) is 0 Å². The lowest BCUT2D eigenvalue weighted by Crippen LogP contribution is -2.30. The molecule has 0 aromatic heterocycles. The summed E-state index contributed by atoms with van der Waals surface area (Å²) in [6.45, 7) is 8.54. The fourth-order valence-electron chi connectivity index (χ4n) is 1.91. The van der Waals surface area contributed by atoms with E-state index in [1.807, 2.05) is 43.0 Å². The molecule has 2 heteroatoms. The summed E-state index contributed by atoms with van der Waals surface area (Å²) < 4.78 is 0. The number of nitrogens with zero attached hydrogens (tertiary/aromatic N) is 1. The highest BCUT2D eigenvalue weighted by atomic mass is 16.2. The number of hydrogen-bond donors (Lipinski definition) is 0. The third-order valence-corrected chi connectivity index (χ3v) is 2.82. The van der Waals surface area contributed by atoms with Gasteiger partial charge in [-0.2, -0.15) is 0 Å². The highest BCUT2D eigenvalue weighted by molar-refractivity contribution is 5.98. The average Bonchev–Trinajstić information content (AvgIpc) is 2.55. The van der Waals surface area contributed by atoms with Gasteiger partial charge in [0, 0.05) is 18.2 Å². The van der Waals surface area contributed by atoms with Crippen molar-refractivity contribution < 1.29 is 4.79 Å². The molecular formula is C13H15NO. The number of amides is 1. The highest BCUT2D eigenvalue weighted by Gasteiger charge is 2.28. The van der Waals surface area contributed by atoms with Crippen molar-refractivity contribution in [2.24, 2.45) is 0 Å². The molecule has 0 aliphatic carbocycles. The Hall–Kier alpha value is -1.57. The molecule has 0 saturated carbocycles. The van der Waals surface area contributed by atoms with Gasteiger partial charge in [-0.05, 0) is 37.1 Å². The van der Waals surface area contributed by atoms with E-state index in [4.69, 9.17) is 0 Å². The summed E-state index contributed by atoms with van der Waals surface area (Å²) in [5, 5.41) is 0. The molecule has 0 bridgehead atoms. The highest BCUT2D eigenvalue weighted by Crippen LogP contribution is 2.25. The molecule has 0 saturated heterocycles. The predicted octanol–water partition coefficient (Wildman–Crippen LogP) is 2.69. The maximum Gasteiger partial charge on any atom is 0.254 e. The standard InChI is InChI=1S/C13H15NO/c1-4-10-5-6-12-11(7-10)8-14(9(2)3)13(12)15/h4-7,9H,1,8H2,2-3H3. The third kappa shape index (κ3) is 1.56. The summed E-state index contributed by atoms with van der Waals surface area (Å²) in [6.07, 6.45) is 1.81. The molecule has 78 valence electrons. The maximum absolute atomic E-state index is 11.9. The second kappa shape index (κ2) is 3.54. The molecule has 1 amide bonds. The van der Waals surface area contributed by atoms with E-state index in [0.717, 1.165) is 23.2 Å². The zero-order valence-electron chi connectivity index (χ0n) is 9.16. The summed E-state index contributed by atoms with van der Waals surface area (Å²) in [6, 6.07) is 6.14. The van der Waals surface area contributed by atoms with Crippen molar-refractivity contribution in [2.75, 3.05) is 0 Å². The molecule has 1 aromatic carbocycles. The zero-order chi connectivity index (χ0) is 11.0. The number of rotatable bonds is 2. The van der Waals surface area contributed by atoms with Gasteiger partial charge in [0.1, 0.15) is 0 Å². The Bertz CT molecular complexity index is 421. The Morgan fingerprint density at radius 1 is 1.47 bits per heavy atom. The Morgan fingerprint density at radius 3 is 2.80 bits per heavy atom. The lowest BCUT2D eigenvalue weighted by atomic mass is 10.1. The van der Waals surface area contributed by atoms with Crippen molar-refractivity contribution in [2.45, 2.75) is 26.4 Å². The number of carbonyl (C=O) groups is 1. The second-order valence-electron chi connectivity index (χ2n) is 4.15. The zero-order valence-corrected chi connectivity index (χ0v) is 9.16. The molecule has 1 aromatic rings. The molecular weight excluding hydrogens is 186 g/mol. The Kier molecular flexibility index (Phi) is 2.35. The largest absolute Gasteiger partial charge is 0.332 e. The summed E-state index contributed by atoms with van der Waals surface area (Å²) >= 11 is 0. The predicted molar refractivity (Wildman–Crippen MR) is 61.5 cm³/mol. The third-order valence-electron chi connectivity index (χ3n) is 2.82. The van der Waals surface area contributed by atoms with Crippen LogP contribution in [0.2, 0.25) is 0 Å². The van der Waals surface area contributed by atoms with Gasteiger partial charge in [-0.3, -0.25) is 4.79 Å². The van der Waals surface area contributed by atoms with E-state index in [1.54, 1.807) is 0 Å². The van der Waals surface area contributed by atoms with Crippen LogP contribution in [0.5, 0.6) is 0 Å². The summed E-state index contributed by atoms with van der Waals surface area (Å²) in [5.41, 5.74) is 3.03. The summed E-state index contributed by atoms with van der Waals surface area (Å²) in [4.78, 5) is 13.8. The van der Waals surface area contributed by atoms with Gasteiger partial charge in [0.2, 0.25) is 0 Å². The molecule has 2 nitrogen and oxygen atoms in total. The first kappa shape index (κ1) is 9.97. The molecule has 2 rings (SSSR count). The normalized spacial score (nSPS) is 14.6. The minimum Gasteiger partial charge on any atom is -0.332 e. The summed E-state index contributed by atoms with van der Waals surface area (Å²) in [7, 11) is 0.